The summed E-state index contributed by atoms with van der Waals surface area (Å²) in [6.45, 7) is 4.61. The number of rotatable bonds is 4. The summed E-state index contributed by atoms with van der Waals surface area (Å²) >= 11 is 0. The van der Waals surface area contributed by atoms with Gasteiger partial charge in [-0.15, -0.1) is 5.10 Å². The molecule has 3 aromatic rings. The van der Waals surface area contributed by atoms with Crippen molar-refractivity contribution in [2.75, 3.05) is 31.1 Å². The van der Waals surface area contributed by atoms with Crippen molar-refractivity contribution in [2.24, 2.45) is 0 Å². The molecule has 7 heteroatoms. The van der Waals surface area contributed by atoms with Crippen molar-refractivity contribution < 1.29 is 0 Å². The highest BCUT2D eigenvalue weighted by Gasteiger charge is 2.20. The monoisotopic (exact) mass is 321 g/mol. The first-order chi connectivity index (χ1) is 11.9. The number of benzene rings is 1. The van der Waals surface area contributed by atoms with Crippen molar-refractivity contribution >= 4 is 5.82 Å². The van der Waals surface area contributed by atoms with Crippen molar-refractivity contribution in [1.29, 1.82) is 0 Å². The van der Waals surface area contributed by atoms with Crippen LogP contribution in [0.2, 0.25) is 0 Å². The van der Waals surface area contributed by atoms with Crippen LogP contribution in [-0.2, 0) is 6.54 Å². The smallest absolute Gasteiger partial charge is 0.170 e. The van der Waals surface area contributed by atoms with E-state index in [9.17, 15) is 0 Å². The standard InChI is InChI=1S/C17H19N7/c1-2-6-15(7-3-1)24-17(19-20-21-24)14-22-10-12-23(13-11-22)16-8-4-5-9-18-16/h1-9H,10-14H2. The third-order valence-corrected chi connectivity index (χ3v) is 4.25. The highest BCUT2D eigenvalue weighted by atomic mass is 15.5. The second kappa shape index (κ2) is 6.76. The average molecular weight is 321 g/mol. The topological polar surface area (TPSA) is 63.0 Å². The fourth-order valence-corrected chi connectivity index (χ4v) is 2.95. The van der Waals surface area contributed by atoms with Gasteiger partial charge in [0.2, 0.25) is 0 Å². The first-order valence-corrected chi connectivity index (χ1v) is 8.11. The Balaban J connectivity index is 1.41. The van der Waals surface area contributed by atoms with Crippen LogP contribution in [-0.4, -0.2) is 56.3 Å². The number of anilines is 1. The Labute approximate surface area is 140 Å². The highest BCUT2D eigenvalue weighted by Crippen LogP contribution is 2.14. The molecule has 2 aromatic heterocycles. The van der Waals surface area contributed by atoms with Gasteiger partial charge in [0.05, 0.1) is 12.2 Å². The zero-order valence-corrected chi connectivity index (χ0v) is 13.4. The number of nitrogens with zero attached hydrogens (tertiary/aromatic N) is 7. The molecule has 0 N–H and O–H groups in total. The maximum atomic E-state index is 4.43. The quantitative estimate of drug-likeness (QED) is 0.723. The third-order valence-electron chi connectivity index (χ3n) is 4.25. The van der Waals surface area contributed by atoms with E-state index in [-0.39, 0.29) is 0 Å². The van der Waals surface area contributed by atoms with Gasteiger partial charge in [-0.3, -0.25) is 4.90 Å². The van der Waals surface area contributed by atoms with E-state index >= 15 is 0 Å². The fraction of sp³-hybridized carbons (Fsp3) is 0.294. The van der Waals surface area contributed by atoms with E-state index in [4.69, 9.17) is 0 Å². The first kappa shape index (κ1) is 14.8. The first-order valence-electron chi connectivity index (χ1n) is 8.11. The molecule has 122 valence electrons. The van der Waals surface area contributed by atoms with Gasteiger partial charge in [0.1, 0.15) is 5.82 Å². The van der Waals surface area contributed by atoms with Crippen molar-refractivity contribution in [3.63, 3.8) is 0 Å². The molecule has 0 aliphatic carbocycles. The van der Waals surface area contributed by atoms with Crippen LogP contribution in [0.15, 0.2) is 54.7 Å². The maximum absolute atomic E-state index is 4.43. The van der Waals surface area contributed by atoms with Crippen LogP contribution in [0.3, 0.4) is 0 Å². The summed E-state index contributed by atoms with van der Waals surface area (Å²) in [5.74, 6) is 1.92. The van der Waals surface area contributed by atoms with Gasteiger partial charge in [0.15, 0.2) is 5.82 Å². The Bertz CT molecular complexity index is 764. The van der Waals surface area contributed by atoms with Crippen LogP contribution in [0.4, 0.5) is 5.82 Å². The zero-order valence-electron chi connectivity index (χ0n) is 13.4. The Hall–Kier alpha value is -2.80. The molecule has 7 nitrogen and oxygen atoms in total. The van der Waals surface area contributed by atoms with Crippen LogP contribution < -0.4 is 4.90 Å². The zero-order chi connectivity index (χ0) is 16.2. The molecule has 1 aromatic carbocycles. The minimum atomic E-state index is 0.748. The molecule has 1 saturated heterocycles. The number of piperazine rings is 1. The van der Waals surface area contributed by atoms with Crippen LogP contribution >= 0.6 is 0 Å². The molecular weight excluding hydrogens is 302 g/mol. The van der Waals surface area contributed by atoms with Gasteiger partial charge in [0.25, 0.3) is 0 Å². The lowest BCUT2D eigenvalue weighted by Crippen LogP contribution is -2.46. The maximum Gasteiger partial charge on any atom is 0.170 e. The van der Waals surface area contributed by atoms with Gasteiger partial charge in [-0.25, -0.2) is 4.98 Å². The number of hydrogen-bond donors (Lipinski definition) is 0. The summed E-state index contributed by atoms with van der Waals surface area (Å²) in [7, 11) is 0. The molecule has 0 bridgehead atoms. The van der Waals surface area contributed by atoms with E-state index in [1.807, 2.05) is 53.3 Å². The number of pyridine rings is 1. The van der Waals surface area contributed by atoms with E-state index in [0.29, 0.717) is 0 Å². The lowest BCUT2D eigenvalue weighted by molar-refractivity contribution is 0.241. The molecule has 3 heterocycles. The van der Waals surface area contributed by atoms with E-state index in [2.05, 4.69) is 36.4 Å². The molecule has 1 aliphatic rings. The third kappa shape index (κ3) is 3.11. The van der Waals surface area contributed by atoms with Crippen LogP contribution in [0.5, 0.6) is 0 Å². The molecule has 0 atom stereocenters. The number of para-hydroxylation sites is 1. The van der Waals surface area contributed by atoms with Gasteiger partial charge >= 0.3 is 0 Å². The number of aromatic nitrogens is 5. The largest absolute Gasteiger partial charge is 0.354 e. The van der Waals surface area contributed by atoms with E-state index in [0.717, 1.165) is 50.1 Å². The molecule has 1 aliphatic heterocycles. The Morgan fingerprint density at radius 2 is 1.67 bits per heavy atom. The second-order valence-electron chi connectivity index (χ2n) is 5.79. The molecule has 1 fully saturated rings. The molecule has 0 unspecified atom stereocenters. The summed E-state index contributed by atoms with van der Waals surface area (Å²) in [5, 5.41) is 12.2. The normalized spacial score (nSPS) is 15.6. The summed E-state index contributed by atoms with van der Waals surface area (Å²) in [6, 6.07) is 16.0. The van der Waals surface area contributed by atoms with Gasteiger partial charge in [-0.2, -0.15) is 4.68 Å². The van der Waals surface area contributed by atoms with Gasteiger partial charge in [-0.1, -0.05) is 24.3 Å². The number of tetrazole rings is 1. The minimum absolute atomic E-state index is 0.748. The van der Waals surface area contributed by atoms with E-state index < -0.39 is 0 Å². The molecule has 0 spiro atoms. The van der Waals surface area contributed by atoms with Crippen molar-refractivity contribution in [1.82, 2.24) is 30.1 Å². The van der Waals surface area contributed by atoms with Crippen molar-refractivity contribution in [3.8, 4) is 5.69 Å². The summed E-state index contributed by atoms with van der Waals surface area (Å²) in [6.07, 6.45) is 1.84. The second-order valence-corrected chi connectivity index (χ2v) is 5.79. The van der Waals surface area contributed by atoms with Crippen LogP contribution in [0.25, 0.3) is 5.69 Å². The lowest BCUT2D eigenvalue weighted by atomic mass is 10.3. The predicted octanol–water partition coefficient (Wildman–Crippen LogP) is 1.38. The molecule has 24 heavy (non-hydrogen) atoms. The van der Waals surface area contributed by atoms with Crippen LogP contribution in [0, 0.1) is 0 Å². The predicted molar refractivity (Wildman–Crippen MR) is 90.9 cm³/mol. The van der Waals surface area contributed by atoms with Gasteiger partial charge in [0, 0.05) is 32.4 Å². The molecule has 4 rings (SSSR count). The SMILES string of the molecule is c1ccc(-n2nnnc2CN2CCN(c3ccccn3)CC2)cc1. The lowest BCUT2D eigenvalue weighted by Gasteiger charge is -2.34. The Morgan fingerprint density at radius 3 is 2.42 bits per heavy atom. The summed E-state index contributed by atoms with van der Waals surface area (Å²) < 4.78 is 1.81. The van der Waals surface area contributed by atoms with Gasteiger partial charge in [-0.05, 0) is 34.7 Å². The molecule has 0 amide bonds. The highest BCUT2D eigenvalue weighted by molar-refractivity contribution is 5.38. The molecule has 0 saturated carbocycles. The van der Waals surface area contributed by atoms with E-state index in [1.165, 1.54) is 0 Å². The fourth-order valence-electron chi connectivity index (χ4n) is 2.95. The van der Waals surface area contributed by atoms with Crippen LogP contribution in [0.1, 0.15) is 5.82 Å². The summed E-state index contributed by atoms with van der Waals surface area (Å²) in [5.41, 5.74) is 0.990. The minimum Gasteiger partial charge on any atom is -0.354 e. The van der Waals surface area contributed by atoms with Crippen molar-refractivity contribution in [2.45, 2.75) is 6.54 Å². The van der Waals surface area contributed by atoms with E-state index in [1.54, 1.807) is 0 Å². The molecule has 0 radical (unpaired) electrons. The summed E-state index contributed by atoms with van der Waals surface area (Å²) in [4.78, 5) is 9.12. The van der Waals surface area contributed by atoms with Crippen molar-refractivity contribution in [3.05, 3.63) is 60.6 Å². The van der Waals surface area contributed by atoms with Gasteiger partial charge < -0.3 is 4.90 Å². The average Bonchev–Trinajstić information content (AvgIpc) is 3.12. The molecular formula is C17H19N7. The Morgan fingerprint density at radius 1 is 0.875 bits per heavy atom. The Kier molecular flexibility index (Phi) is 4.16. The number of hydrogen-bond acceptors (Lipinski definition) is 6.